The summed E-state index contributed by atoms with van der Waals surface area (Å²) in [6.45, 7) is 1.74. The Morgan fingerprint density at radius 3 is 3.09 bits per heavy atom. The Morgan fingerprint density at radius 1 is 1.41 bits per heavy atom. The van der Waals surface area contributed by atoms with Gasteiger partial charge in [-0.1, -0.05) is 18.1 Å². The molecule has 1 saturated heterocycles. The van der Waals surface area contributed by atoms with Gasteiger partial charge in [0, 0.05) is 13.1 Å². The second-order valence-corrected chi connectivity index (χ2v) is 5.53. The van der Waals surface area contributed by atoms with E-state index in [-0.39, 0.29) is 11.9 Å². The second-order valence-electron chi connectivity index (χ2n) is 5.53. The molecule has 118 valence electrons. The molecule has 0 saturated carbocycles. The normalized spacial score (nSPS) is 19.1. The number of rotatable bonds is 4. The number of amides is 1. The summed E-state index contributed by atoms with van der Waals surface area (Å²) in [5.41, 5.74) is 5.87. The van der Waals surface area contributed by atoms with Crippen LogP contribution in [0.25, 0.3) is 0 Å². The molecule has 3 rings (SSSR count). The third-order valence-corrected chi connectivity index (χ3v) is 4.00. The van der Waals surface area contributed by atoms with Crippen molar-refractivity contribution < 1.29 is 9.21 Å². The van der Waals surface area contributed by atoms with Crippen LogP contribution in [0, 0.1) is 0 Å². The molecule has 2 aromatic rings. The maximum Gasteiger partial charge on any atom is 0.276 e. The Labute approximate surface area is 129 Å². The Morgan fingerprint density at radius 2 is 2.32 bits per heavy atom. The van der Waals surface area contributed by atoms with Crippen molar-refractivity contribution in [2.24, 2.45) is 5.73 Å². The van der Waals surface area contributed by atoms with Crippen LogP contribution in [0.3, 0.4) is 0 Å². The van der Waals surface area contributed by atoms with Crippen LogP contribution in [0.5, 0.6) is 0 Å². The summed E-state index contributed by atoms with van der Waals surface area (Å²) in [5.74, 6) is 0.746. The lowest BCUT2D eigenvalue weighted by Gasteiger charge is -2.27. The second kappa shape index (κ2) is 6.74. The zero-order chi connectivity index (χ0) is 15.4. The molecule has 1 aliphatic rings. The summed E-state index contributed by atoms with van der Waals surface area (Å²) in [6, 6.07) is 3.77. The maximum atomic E-state index is 12.8. The van der Waals surface area contributed by atoms with E-state index in [9.17, 15) is 4.79 Å². The van der Waals surface area contributed by atoms with Crippen LogP contribution in [0.1, 0.15) is 48.0 Å². The minimum absolute atomic E-state index is 0.0235. The van der Waals surface area contributed by atoms with E-state index in [0.29, 0.717) is 25.3 Å². The van der Waals surface area contributed by atoms with E-state index < -0.39 is 0 Å². The molecule has 2 aromatic heterocycles. The monoisotopic (exact) mass is 303 g/mol. The Balaban J connectivity index is 1.83. The van der Waals surface area contributed by atoms with Crippen molar-refractivity contribution >= 4 is 5.91 Å². The average Bonchev–Trinajstić information content (AvgIpc) is 3.15. The number of hydrogen-bond acceptors (Lipinski definition) is 5. The van der Waals surface area contributed by atoms with Crippen molar-refractivity contribution in [3.05, 3.63) is 36.0 Å². The number of carbonyl (C=O) groups is 1. The lowest BCUT2D eigenvalue weighted by atomic mass is 10.1. The van der Waals surface area contributed by atoms with Gasteiger partial charge >= 0.3 is 0 Å². The first-order chi connectivity index (χ1) is 10.8. The van der Waals surface area contributed by atoms with E-state index in [4.69, 9.17) is 10.2 Å². The van der Waals surface area contributed by atoms with Gasteiger partial charge < -0.3 is 15.1 Å². The van der Waals surface area contributed by atoms with Crippen LogP contribution in [-0.2, 0) is 6.54 Å². The van der Waals surface area contributed by atoms with Crippen molar-refractivity contribution in [2.75, 3.05) is 13.1 Å². The Hall–Kier alpha value is -2.15. The van der Waals surface area contributed by atoms with Crippen LogP contribution >= 0.6 is 0 Å². The molecule has 2 N–H and O–H groups in total. The number of furan rings is 1. The van der Waals surface area contributed by atoms with Gasteiger partial charge in [0.1, 0.15) is 5.76 Å². The van der Waals surface area contributed by atoms with Crippen molar-refractivity contribution in [1.29, 1.82) is 0 Å². The van der Waals surface area contributed by atoms with Crippen LogP contribution in [0.15, 0.2) is 29.0 Å². The number of nitrogens with two attached hydrogens (primary N) is 1. The molecule has 7 heteroatoms. The predicted octanol–water partition coefficient (Wildman–Crippen LogP) is 1.59. The predicted molar refractivity (Wildman–Crippen MR) is 80.0 cm³/mol. The molecule has 0 unspecified atom stereocenters. The van der Waals surface area contributed by atoms with Gasteiger partial charge in [-0.05, 0) is 25.0 Å². The van der Waals surface area contributed by atoms with Gasteiger partial charge in [0.25, 0.3) is 5.91 Å². The van der Waals surface area contributed by atoms with Gasteiger partial charge in [0.2, 0.25) is 0 Å². The molecule has 3 heterocycles. The molecular formula is C15H21N5O2. The molecule has 0 aromatic carbocycles. The van der Waals surface area contributed by atoms with Crippen molar-refractivity contribution in [3.8, 4) is 0 Å². The van der Waals surface area contributed by atoms with Gasteiger partial charge in [-0.25, -0.2) is 0 Å². The fraction of sp³-hybridized carbons (Fsp3) is 0.533. The fourth-order valence-electron chi connectivity index (χ4n) is 2.91. The van der Waals surface area contributed by atoms with Crippen molar-refractivity contribution in [2.45, 2.75) is 38.3 Å². The Bertz CT molecular complexity index is 607. The molecule has 1 atom stereocenters. The first-order valence-corrected chi connectivity index (χ1v) is 7.74. The third-order valence-electron chi connectivity index (χ3n) is 4.00. The quantitative estimate of drug-likeness (QED) is 0.926. The van der Waals surface area contributed by atoms with Gasteiger partial charge in [0.05, 0.1) is 25.0 Å². The van der Waals surface area contributed by atoms with Crippen LogP contribution < -0.4 is 5.73 Å². The highest BCUT2D eigenvalue weighted by molar-refractivity contribution is 5.92. The van der Waals surface area contributed by atoms with E-state index >= 15 is 0 Å². The van der Waals surface area contributed by atoms with Crippen molar-refractivity contribution in [3.63, 3.8) is 0 Å². The lowest BCUT2D eigenvalue weighted by molar-refractivity contribution is 0.0652. The van der Waals surface area contributed by atoms with Gasteiger partial charge in [-0.3, -0.25) is 9.48 Å². The number of nitrogens with zero attached hydrogens (tertiary/aromatic N) is 4. The van der Waals surface area contributed by atoms with E-state index in [1.165, 1.54) is 0 Å². The molecule has 1 amide bonds. The van der Waals surface area contributed by atoms with Crippen LogP contribution in [-0.4, -0.2) is 38.9 Å². The zero-order valence-corrected chi connectivity index (χ0v) is 12.5. The number of carbonyl (C=O) groups excluding carboxylic acids is 1. The third kappa shape index (κ3) is 3.04. The van der Waals surface area contributed by atoms with Crippen LogP contribution in [0.4, 0.5) is 0 Å². The maximum absolute atomic E-state index is 12.8. The first-order valence-electron chi connectivity index (χ1n) is 7.74. The molecule has 1 aliphatic heterocycles. The highest BCUT2D eigenvalue weighted by atomic mass is 16.3. The highest BCUT2D eigenvalue weighted by Crippen LogP contribution is 2.31. The van der Waals surface area contributed by atoms with E-state index in [1.54, 1.807) is 17.1 Å². The number of hydrogen-bond donors (Lipinski definition) is 1. The fourth-order valence-corrected chi connectivity index (χ4v) is 2.91. The lowest BCUT2D eigenvalue weighted by Crippen LogP contribution is -2.35. The smallest absolute Gasteiger partial charge is 0.276 e. The Kier molecular flexibility index (Phi) is 4.53. The van der Waals surface area contributed by atoms with Gasteiger partial charge in [0.15, 0.2) is 5.69 Å². The average molecular weight is 303 g/mol. The summed E-state index contributed by atoms with van der Waals surface area (Å²) in [6.07, 6.45) is 7.45. The SMILES string of the molecule is NCCn1cc(C(=O)N2CCCCC[C@H]2c2ccco2)nn1. The molecule has 0 spiro atoms. The highest BCUT2D eigenvalue weighted by Gasteiger charge is 2.30. The summed E-state index contributed by atoms with van der Waals surface area (Å²) in [7, 11) is 0. The minimum atomic E-state index is -0.0911. The molecule has 1 fully saturated rings. The first kappa shape index (κ1) is 14.8. The van der Waals surface area contributed by atoms with E-state index in [1.807, 2.05) is 17.0 Å². The molecule has 22 heavy (non-hydrogen) atoms. The largest absolute Gasteiger partial charge is 0.467 e. The van der Waals surface area contributed by atoms with E-state index in [0.717, 1.165) is 31.4 Å². The zero-order valence-electron chi connectivity index (χ0n) is 12.5. The number of likely N-dealkylation sites (tertiary alicyclic amines) is 1. The minimum Gasteiger partial charge on any atom is -0.467 e. The number of aromatic nitrogens is 3. The van der Waals surface area contributed by atoms with Crippen molar-refractivity contribution in [1.82, 2.24) is 19.9 Å². The molecule has 0 radical (unpaired) electrons. The topological polar surface area (TPSA) is 90.2 Å². The standard InChI is InChI=1S/C15H21N5O2/c16-7-9-19-11-12(17-18-19)15(21)20-8-3-1-2-5-13(20)14-6-4-10-22-14/h4,6,10-11,13H,1-3,5,7-9,16H2/t13-/m0/s1. The molecule has 0 bridgehead atoms. The van der Waals surface area contributed by atoms with Crippen LogP contribution in [0.2, 0.25) is 0 Å². The summed E-state index contributed by atoms with van der Waals surface area (Å²) in [5, 5.41) is 7.94. The van der Waals surface area contributed by atoms with Gasteiger partial charge in [-0.2, -0.15) is 0 Å². The summed E-state index contributed by atoms with van der Waals surface area (Å²) >= 11 is 0. The molecule has 7 nitrogen and oxygen atoms in total. The van der Waals surface area contributed by atoms with E-state index in [2.05, 4.69) is 10.3 Å². The van der Waals surface area contributed by atoms with Gasteiger partial charge in [-0.15, -0.1) is 5.10 Å². The molecular weight excluding hydrogens is 282 g/mol. The summed E-state index contributed by atoms with van der Waals surface area (Å²) in [4.78, 5) is 14.7. The molecule has 0 aliphatic carbocycles. The summed E-state index contributed by atoms with van der Waals surface area (Å²) < 4.78 is 7.14.